The zero-order chi connectivity index (χ0) is 17.2. The highest BCUT2D eigenvalue weighted by Crippen LogP contribution is 2.27. The number of amides is 1. The van der Waals surface area contributed by atoms with Gasteiger partial charge < -0.3 is 20.0 Å². The SMILES string of the molecule is COc1cc(C=NO)ccc1OCC(=O)NCCc1ccccc1. The number of methoxy groups -OCH3 is 1. The topological polar surface area (TPSA) is 80.2 Å². The van der Waals surface area contributed by atoms with Gasteiger partial charge in [0.1, 0.15) is 0 Å². The normalized spacial score (nSPS) is 10.5. The van der Waals surface area contributed by atoms with Crippen LogP contribution < -0.4 is 14.8 Å². The van der Waals surface area contributed by atoms with Crippen LogP contribution in [0.25, 0.3) is 0 Å². The number of carbonyl (C=O) groups is 1. The van der Waals surface area contributed by atoms with Crippen LogP contribution >= 0.6 is 0 Å². The first-order chi connectivity index (χ1) is 11.7. The molecule has 0 aliphatic rings. The minimum Gasteiger partial charge on any atom is -0.493 e. The molecule has 0 atom stereocenters. The van der Waals surface area contributed by atoms with Gasteiger partial charge in [0, 0.05) is 12.1 Å². The van der Waals surface area contributed by atoms with Crippen molar-refractivity contribution in [3.8, 4) is 11.5 Å². The molecule has 0 unspecified atom stereocenters. The predicted molar refractivity (Wildman–Crippen MR) is 91.0 cm³/mol. The highest BCUT2D eigenvalue weighted by atomic mass is 16.5. The summed E-state index contributed by atoms with van der Waals surface area (Å²) in [6, 6.07) is 15.0. The summed E-state index contributed by atoms with van der Waals surface area (Å²) in [6.45, 7) is 0.452. The summed E-state index contributed by atoms with van der Waals surface area (Å²) in [5.74, 6) is 0.712. The summed E-state index contributed by atoms with van der Waals surface area (Å²) < 4.78 is 10.7. The summed E-state index contributed by atoms with van der Waals surface area (Å²) in [5, 5.41) is 14.3. The Kier molecular flexibility index (Phi) is 6.64. The van der Waals surface area contributed by atoms with Crippen LogP contribution in [0, 0.1) is 0 Å². The Bertz CT molecular complexity index is 687. The van der Waals surface area contributed by atoms with Crippen LogP contribution in [0.4, 0.5) is 0 Å². The molecular weight excluding hydrogens is 308 g/mol. The van der Waals surface area contributed by atoms with E-state index >= 15 is 0 Å². The van der Waals surface area contributed by atoms with Crippen molar-refractivity contribution in [1.29, 1.82) is 0 Å². The van der Waals surface area contributed by atoms with Crippen molar-refractivity contribution >= 4 is 12.1 Å². The molecule has 0 aliphatic carbocycles. The molecule has 6 nitrogen and oxygen atoms in total. The van der Waals surface area contributed by atoms with Gasteiger partial charge in [0.2, 0.25) is 0 Å². The van der Waals surface area contributed by atoms with E-state index in [0.29, 0.717) is 23.6 Å². The summed E-state index contributed by atoms with van der Waals surface area (Å²) in [6.07, 6.45) is 2.05. The van der Waals surface area contributed by atoms with Crippen LogP contribution in [0.1, 0.15) is 11.1 Å². The fraction of sp³-hybridized carbons (Fsp3) is 0.222. The van der Waals surface area contributed by atoms with Crippen LogP contribution in [0.3, 0.4) is 0 Å². The summed E-state index contributed by atoms with van der Waals surface area (Å²) in [4.78, 5) is 11.8. The van der Waals surface area contributed by atoms with E-state index in [1.54, 1.807) is 18.2 Å². The Balaban J connectivity index is 1.81. The second kappa shape index (κ2) is 9.19. The molecule has 0 radical (unpaired) electrons. The first-order valence-corrected chi connectivity index (χ1v) is 7.52. The quantitative estimate of drug-likeness (QED) is 0.442. The minimum atomic E-state index is -0.200. The van der Waals surface area contributed by atoms with E-state index in [4.69, 9.17) is 14.7 Å². The molecule has 2 aromatic rings. The molecule has 0 saturated carbocycles. The van der Waals surface area contributed by atoms with Crippen molar-refractivity contribution in [2.24, 2.45) is 5.16 Å². The maximum Gasteiger partial charge on any atom is 0.257 e. The van der Waals surface area contributed by atoms with Crippen molar-refractivity contribution in [2.75, 3.05) is 20.3 Å². The average Bonchev–Trinajstić information content (AvgIpc) is 2.61. The van der Waals surface area contributed by atoms with E-state index in [9.17, 15) is 4.79 Å². The van der Waals surface area contributed by atoms with E-state index in [0.717, 1.165) is 6.42 Å². The zero-order valence-corrected chi connectivity index (χ0v) is 13.4. The zero-order valence-electron chi connectivity index (χ0n) is 13.4. The third-order valence-electron chi connectivity index (χ3n) is 3.33. The average molecular weight is 328 g/mol. The van der Waals surface area contributed by atoms with Crippen LogP contribution in [0.5, 0.6) is 11.5 Å². The monoisotopic (exact) mass is 328 g/mol. The number of ether oxygens (including phenoxy) is 2. The van der Waals surface area contributed by atoms with Crippen molar-refractivity contribution in [3.63, 3.8) is 0 Å². The maximum atomic E-state index is 11.8. The molecule has 2 aromatic carbocycles. The van der Waals surface area contributed by atoms with Gasteiger partial charge in [-0.2, -0.15) is 0 Å². The van der Waals surface area contributed by atoms with Gasteiger partial charge in [-0.15, -0.1) is 0 Å². The molecule has 0 spiro atoms. The van der Waals surface area contributed by atoms with E-state index in [2.05, 4.69) is 10.5 Å². The number of carbonyl (C=O) groups excluding carboxylic acids is 1. The molecule has 2 N–H and O–H groups in total. The molecule has 0 heterocycles. The van der Waals surface area contributed by atoms with Crippen LogP contribution in [-0.2, 0) is 11.2 Å². The number of hydrogen-bond acceptors (Lipinski definition) is 5. The number of benzene rings is 2. The van der Waals surface area contributed by atoms with E-state index < -0.39 is 0 Å². The van der Waals surface area contributed by atoms with Gasteiger partial charge in [0.05, 0.1) is 13.3 Å². The van der Waals surface area contributed by atoms with Gasteiger partial charge in [-0.25, -0.2) is 0 Å². The molecule has 2 rings (SSSR count). The van der Waals surface area contributed by atoms with Crippen molar-refractivity contribution < 1.29 is 19.5 Å². The van der Waals surface area contributed by atoms with Gasteiger partial charge in [-0.1, -0.05) is 35.5 Å². The summed E-state index contributed by atoms with van der Waals surface area (Å²) in [5.41, 5.74) is 1.83. The lowest BCUT2D eigenvalue weighted by atomic mass is 10.1. The van der Waals surface area contributed by atoms with Gasteiger partial charge in [0.15, 0.2) is 18.1 Å². The first-order valence-electron chi connectivity index (χ1n) is 7.52. The molecule has 6 heteroatoms. The summed E-state index contributed by atoms with van der Waals surface area (Å²) >= 11 is 0. The van der Waals surface area contributed by atoms with Gasteiger partial charge in [0.25, 0.3) is 5.91 Å². The van der Waals surface area contributed by atoms with Gasteiger partial charge in [-0.3, -0.25) is 4.79 Å². The van der Waals surface area contributed by atoms with Gasteiger partial charge >= 0.3 is 0 Å². The molecule has 1 amide bonds. The smallest absolute Gasteiger partial charge is 0.257 e. The number of oxime groups is 1. The van der Waals surface area contributed by atoms with Crippen molar-refractivity contribution in [3.05, 3.63) is 59.7 Å². The molecular formula is C18H20N2O4. The molecule has 24 heavy (non-hydrogen) atoms. The Morgan fingerprint density at radius 2 is 2.00 bits per heavy atom. The predicted octanol–water partition coefficient (Wildman–Crippen LogP) is 2.24. The number of nitrogens with zero attached hydrogens (tertiary/aromatic N) is 1. The van der Waals surface area contributed by atoms with Crippen LogP contribution in [0.15, 0.2) is 53.7 Å². The lowest BCUT2D eigenvalue weighted by molar-refractivity contribution is -0.123. The molecule has 0 bridgehead atoms. The minimum absolute atomic E-state index is 0.0986. The molecule has 0 saturated heterocycles. The molecule has 0 aromatic heterocycles. The van der Waals surface area contributed by atoms with Crippen LogP contribution in [-0.4, -0.2) is 37.6 Å². The second-order valence-corrected chi connectivity index (χ2v) is 5.03. The van der Waals surface area contributed by atoms with E-state index in [1.807, 2.05) is 30.3 Å². The van der Waals surface area contributed by atoms with E-state index in [1.165, 1.54) is 18.9 Å². The highest BCUT2D eigenvalue weighted by molar-refractivity contribution is 5.80. The summed E-state index contributed by atoms with van der Waals surface area (Å²) in [7, 11) is 1.50. The number of rotatable bonds is 8. The lowest BCUT2D eigenvalue weighted by Gasteiger charge is -2.11. The Morgan fingerprint density at radius 1 is 1.21 bits per heavy atom. The fourth-order valence-corrected chi connectivity index (χ4v) is 2.14. The molecule has 0 aliphatic heterocycles. The first kappa shape index (κ1) is 17.3. The molecule has 126 valence electrons. The molecule has 0 fully saturated rings. The van der Waals surface area contributed by atoms with Gasteiger partial charge in [-0.05, 0) is 30.2 Å². The standard InChI is InChI=1S/C18H20N2O4/c1-23-17-11-15(12-20-22)7-8-16(17)24-13-18(21)19-10-9-14-5-3-2-4-6-14/h2-8,11-12,22H,9-10,13H2,1H3,(H,19,21). The van der Waals surface area contributed by atoms with E-state index in [-0.39, 0.29) is 12.5 Å². The maximum absolute atomic E-state index is 11.8. The third kappa shape index (κ3) is 5.31. The van der Waals surface area contributed by atoms with Crippen molar-refractivity contribution in [1.82, 2.24) is 5.32 Å². The second-order valence-electron chi connectivity index (χ2n) is 5.03. The third-order valence-corrected chi connectivity index (χ3v) is 3.33. The number of hydrogen-bond donors (Lipinski definition) is 2. The highest BCUT2D eigenvalue weighted by Gasteiger charge is 2.08. The fourth-order valence-electron chi connectivity index (χ4n) is 2.14. The Hall–Kier alpha value is -3.02. The Morgan fingerprint density at radius 3 is 2.71 bits per heavy atom. The lowest BCUT2D eigenvalue weighted by Crippen LogP contribution is -2.30. The number of nitrogens with one attached hydrogen (secondary N) is 1. The Labute approximate surface area is 140 Å². The van der Waals surface area contributed by atoms with Crippen molar-refractivity contribution in [2.45, 2.75) is 6.42 Å². The largest absolute Gasteiger partial charge is 0.493 e. The van der Waals surface area contributed by atoms with Crippen LogP contribution in [0.2, 0.25) is 0 Å².